The number of methoxy groups -OCH3 is 5. The second-order valence-electron chi connectivity index (χ2n) is 7.93. The number of amides is 1. The van der Waals surface area contributed by atoms with Gasteiger partial charge in [0.15, 0.2) is 11.5 Å². The summed E-state index contributed by atoms with van der Waals surface area (Å²) in [6, 6.07) is 16.7. The molecule has 0 saturated carbocycles. The zero-order valence-corrected chi connectivity index (χ0v) is 20.1. The van der Waals surface area contributed by atoms with Crippen molar-refractivity contribution in [2.24, 2.45) is 0 Å². The molecule has 7 nitrogen and oxygen atoms in total. The van der Waals surface area contributed by atoms with Crippen molar-refractivity contribution in [1.29, 1.82) is 0 Å². The van der Waals surface area contributed by atoms with Crippen LogP contribution in [0.3, 0.4) is 0 Å². The highest BCUT2D eigenvalue weighted by molar-refractivity contribution is 5.96. The van der Waals surface area contributed by atoms with Crippen LogP contribution in [0.2, 0.25) is 0 Å². The molecule has 1 amide bonds. The van der Waals surface area contributed by atoms with E-state index in [0.717, 1.165) is 22.4 Å². The van der Waals surface area contributed by atoms with Crippen molar-refractivity contribution in [3.05, 3.63) is 76.9 Å². The first-order valence-electron chi connectivity index (χ1n) is 11.0. The molecule has 0 bridgehead atoms. The van der Waals surface area contributed by atoms with Crippen LogP contribution in [0.15, 0.2) is 54.6 Å². The molecule has 0 aromatic heterocycles. The second-order valence-corrected chi connectivity index (χ2v) is 7.93. The average Bonchev–Trinajstić information content (AvgIpc) is 2.90. The van der Waals surface area contributed by atoms with Gasteiger partial charge in [-0.1, -0.05) is 12.1 Å². The summed E-state index contributed by atoms with van der Waals surface area (Å²) in [5.74, 6) is 3.06. The zero-order chi connectivity index (χ0) is 24.2. The quantitative estimate of drug-likeness (QED) is 0.513. The second kappa shape index (κ2) is 9.95. The summed E-state index contributed by atoms with van der Waals surface area (Å²) in [5, 5.41) is 0. The Bertz CT molecular complexity index is 1150. The smallest absolute Gasteiger partial charge is 0.254 e. The summed E-state index contributed by atoms with van der Waals surface area (Å²) in [7, 11) is 8.01. The van der Waals surface area contributed by atoms with Crippen LogP contribution in [-0.2, 0) is 6.42 Å². The minimum absolute atomic E-state index is 0.113. The van der Waals surface area contributed by atoms with Crippen LogP contribution in [0.4, 0.5) is 0 Å². The van der Waals surface area contributed by atoms with Gasteiger partial charge in [0.05, 0.1) is 41.6 Å². The van der Waals surface area contributed by atoms with Gasteiger partial charge in [-0.3, -0.25) is 4.79 Å². The first-order chi connectivity index (χ1) is 16.5. The van der Waals surface area contributed by atoms with Crippen molar-refractivity contribution in [3.63, 3.8) is 0 Å². The molecule has 1 atom stereocenters. The molecule has 7 heteroatoms. The number of rotatable bonds is 7. The van der Waals surface area contributed by atoms with E-state index in [-0.39, 0.29) is 11.9 Å². The maximum atomic E-state index is 13.9. The summed E-state index contributed by atoms with van der Waals surface area (Å²) in [6.45, 7) is 0.539. The number of hydrogen-bond donors (Lipinski definition) is 0. The topological polar surface area (TPSA) is 66.5 Å². The van der Waals surface area contributed by atoms with Crippen LogP contribution in [0.25, 0.3) is 0 Å². The van der Waals surface area contributed by atoms with E-state index in [2.05, 4.69) is 0 Å². The van der Waals surface area contributed by atoms with E-state index in [1.165, 1.54) is 0 Å². The van der Waals surface area contributed by atoms with E-state index in [1.54, 1.807) is 53.7 Å². The van der Waals surface area contributed by atoms with E-state index in [0.29, 0.717) is 41.5 Å². The third kappa shape index (κ3) is 4.33. The molecule has 0 N–H and O–H groups in total. The molecule has 0 saturated heterocycles. The fourth-order valence-corrected chi connectivity index (χ4v) is 4.41. The lowest BCUT2D eigenvalue weighted by Crippen LogP contribution is -2.40. The molecule has 1 aliphatic heterocycles. The Labute approximate surface area is 199 Å². The Morgan fingerprint density at radius 3 is 1.88 bits per heavy atom. The Morgan fingerprint density at radius 2 is 1.32 bits per heavy atom. The van der Waals surface area contributed by atoms with E-state index in [4.69, 9.17) is 23.7 Å². The molecule has 0 unspecified atom stereocenters. The SMILES string of the molecule is COc1ccc([C@@H]2c3cc(OC)c(OC)cc3CCN2C(=O)c2cc(OC)cc(OC)c2)cc1. The molecule has 4 rings (SSSR count). The molecule has 1 aliphatic rings. The summed E-state index contributed by atoms with van der Waals surface area (Å²) in [4.78, 5) is 15.7. The molecule has 0 fully saturated rings. The largest absolute Gasteiger partial charge is 0.497 e. The van der Waals surface area contributed by atoms with Crippen molar-refractivity contribution in [3.8, 4) is 28.7 Å². The molecule has 0 radical (unpaired) electrons. The Hall–Kier alpha value is -3.87. The van der Waals surface area contributed by atoms with Gasteiger partial charge in [0.2, 0.25) is 0 Å². The standard InChI is InChI=1S/C27H29NO6/c1-30-20-8-6-17(7-9-20)26-23-16-25(34-5)24(33-4)14-18(23)10-11-28(26)27(29)19-12-21(31-2)15-22(13-19)32-3/h6-9,12-16,26H,10-11H2,1-5H3/t26-/m1/s1. The summed E-state index contributed by atoms with van der Waals surface area (Å²) < 4.78 is 27.2. The third-order valence-electron chi connectivity index (χ3n) is 6.16. The van der Waals surface area contributed by atoms with Crippen LogP contribution in [-0.4, -0.2) is 52.9 Å². The van der Waals surface area contributed by atoms with Crippen LogP contribution in [0, 0.1) is 0 Å². The highest BCUT2D eigenvalue weighted by Crippen LogP contribution is 2.42. The van der Waals surface area contributed by atoms with Crippen LogP contribution in [0.5, 0.6) is 28.7 Å². The predicted octanol–water partition coefficient (Wildman–Crippen LogP) is 4.52. The number of ether oxygens (including phenoxy) is 5. The molecule has 34 heavy (non-hydrogen) atoms. The number of benzene rings is 3. The highest BCUT2D eigenvalue weighted by atomic mass is 16.5. The van der Waals surface area contributed by atoms with Crippen LogP contribution < -0.4 is 23.7 Å². The maximum Gasteiger partial charge on any atom is 0.254 e. The van der Waals surface area contributed by atoms with Crippen molar-refractivity contribution in [2.45, 2.75) is 12.5 Å². The Morgan fingerprint density at radius 1 is 0.735 bits per heavy atom. The number of fused-ring (bicyclic) bond motifs is 1. The summed E-state index contributed by atoms with van der Waals surface area (Å²) in [6.07, 6.45) is 0.690. The number of carbonyl (C=O) groups is 1. The van der Waals surface area contributed by atoms with Crippen molar-refractivity contribution >= 4 is 5.91 Å². The molecule has 178 valence electrons. The lowest BCUT2D eigenvalue weighted by molar-refractivity contribution is 0.0693. The summed E-state index contributed by atoms with van der Waals surface area (Å²) >= 11 is 0. The van der Waals surface area contributed by atoms with Gasteiger partial charge >= 0.3 is 0 Å². The molecular formula is C27H29NO6. The summed E-state index contributed by atoms with van der Waals surface area (Å²) in [5.41, 5.74) is 3.58. The molecule has 0 spiro atoms. The van der Waals surface area contributed by atoms with E-state index < -0.39 is 0 Å². The minimum Gasteiger partial charge on any atom is -0.497 e. The number of hydrogen-bond acceptors (Lipinski definition) is 6. The van der Waals surface area contributed by atoms with Gasteiger partial charge in [-0.05, 0) is 59.5 Å². The lowest BCUT2D eigenvalue weighted by Gasteiger charge is -2.38. The zero-order valence-electron chi connectivity index (χ0n) is 20.1. The van der Waals surface area contributed by atoms with Crippen LogP contribution in [0.1, 0.15) is 33.1 Å². The van der Waals surface area contributed by atoms with Gasteiger partial charge in [0.25, 0.3) is 5.91 Å². The molecule has 0 aliphatic carbocycles. The van der Waals surface area contributed by atoms with Gasteiger partial charge in [-0.15, -0.1) is 0 Å². The minimum atomic E-state index is -0.320. The predicted molar refractivity (Wildman–Crippen MR) is 129 cm³/mol. The normalized spacial score (nSPS) is 14.7. The van der Waals surface area contributed by atoms with Crippen molar-refractivity contribution in [2.75, 3.05) is 42.1 Å². The Balaban J connectivity index is 1.84. The Kier molecular flexibility index (Phi) is 6.82. The van der Waals surface area contributed by atoms with Crippen molar-refractivity contribution < 1.29 is 28.5 Å². The first kappa shape index (κ1) is 23.3. The lowest BCUT2D eigenvalue weighted by atomic mass is 9.87. The fourth-order valence-electron chi connectivity index (χ4n) is 4.41. The van der Waals surface area contributed by atoms with Gasteiger partial charge in [-0.25, -0.2) is 0 Å². The van der Waals surface area contributed by atoms with E-state index in [9.17, 15) is 4.79 Å². The highest BCUT2D eigenvalue weighted by Gasteiger charge is 2.34. The van der Waals surface area contributed by atoms with E-state index in [1.807, 2.05) is 41.3 Å². The maximum absolute atomic E-state index is 13.9. The van der Waals surface area contributed by atoms with Gasteiger partial charge in [0, 0.05) is 18.2 Å². The third-order valence-corrected chi connectivity index (χ3v) is 6.16. The number of nitrogens with zero attached hydrogens (tertiary/aromatic N) is 1. The van der Waals surface area contributed by atoms with Gasteiger partial charge < -0.3 is 28.6 Å². The molecule has 1 heterocycles. The van der Waals surface area contributed by atoms with Gasteiger partial charge in [-0.2, -0.15) is 0 Å². The van der Waals surface area contributed by atoms with Gasteiger partial charge in [0.1, 0.15) is 17.2 Å². The number of carbonyl (C=O) groups excluding carboxylic acids is 1. The van der Waals surface area contributed by atoms with E-state index >= 15 is 0 Å². The van der Waals surface area contributed by atoms with Crippen molar-refractivity contribution in [1.82, 2.24) is 4.90 Å². The van der Waals surface area contributed by atoms with Crippen LogP contribution >= 0.6 is 0 Å². The molecule has 3 aromatic carbocycles. The fraction of sp³-hybridized carbons (Fsp3) is 0.296. The first-order valence-corrected chi connectivity index (χ1v) is 11.0. The molecule has 3 aromatic rings. The average molecular weight is 464 g/mol. The monoisotopic (exact) mass is 463 g/mol. The molecular weight excluding hydrogens is 434 g/mol.